The third kappa shape index (κ3) is 8.10. The number of aryl methyl sites for hydroxylation is 1. The fourth-order valence-corrected chi connectivity index (χ4v) is 5.91. The summed E-state index contributed by atoms with van der Waals surface area (Å²) in [5.41, 5.74) is 1.76. The van der Waals surface area contributed by atoms with E-state index >= 15 is 0 Å². The van der Waals surface area contributed by atoms with Gasteiger partial charge in [-0.15, -0.1) is 0 Å². The molecule has 0 saturated carbocycles. The van der Waals surface area contributed by atoms with Crippen LogP contribution in [0.3, 0.4) is 0 Å². The first-order valence-corrected chi connectivity index (χ1v) is 14.5. The van der Waals surface area contributed by atoms with Crippen LogP contribution in [-0.4, -0.2) is 74.5 Å². The van der Waals surface area contributed by atoms with E-state index in [-0.39, 0.29) is 24.7 Å². The molecule has 1 aliphatic rings. The van der Waals surface area contributed by atoms with Crippen LogP contribution in [0.5, 0.6) is 5.75 Å². The van der Waals surface area contributed by atoms with Crippen LogP contribution in [-0.2, 0) is 44.5 Å². The second-order valence-corrected chi connectivity index (χ2v) is 11.6. The summed E-state index contributed by atoms with van der Waals surface area (Å²) in [7, 11) is -0.960. The van der Waals surface area contributed by atoms with Crippen LogP contribution in [0, 0.1) is 6.92 Å². The van der Waals surface area contributed by atoms with Gasteiger partial charge in [0.15, 0.2) is 0 Å². The Morgan fingerprint density at radius 1 is 0.975 bits per heavy atom. The van der Waals surface area contributed by atoms with Gasteiger partial charge in [-0.05, 0) is 0 Å². The molecule has 1 aliphatic heterocycles. The van der Waals surface area contributed by atoms with E-state index in [0.29, 0.717) is 5.75 Å². The molecule has 1 saturated heterocycles. The third-order valence-corrected chi connectivity index (χ3v) is 8.45. The second kappa shape index (κ2) is 15.0. The molecule has 1 fully saturated rings. The molecule has 9 nitrogen and oxygen atoms in total. The maximum atomic E-state index is 12.9. The summed E-state index contributed by atoms with van der Waals surface area (Å²) in [6.45, 7) is 7.75. The van der Waals surface area contributed by atoms with Gasteiger partial charge in [-0.1, -0.05) is 0 Å². The average molecular weight is 566 g/mol. The summed E-state index contributed by atoms with van der Waals surface area (Å²) < 4.78 is 79.2. The Labute approximate surface area is 238 Å². The molecule has 3 rings (SSSR count). The Hall–Kier alpha value is -2.37. The SMILES string of the molecule is C=CCO[C@@H]1O[C@H](COS(=O)(=O)c2ccc(C)cc2)[C@@H](B(C)B=O)[C@H](B(C)B=O)[C@H]1OCc1ccc(OC)cc1. The maximum absolute atomic E-state index is 12.9. The van der Waals surface area contributed by atoms with Crippen molar-refractivity contribution in [1.82, 2.24) is 0 Å². The standard InChI is InChI=1S/C26H34B4O9S/c1-6-15-36-26-25(37-16-19-9-11-20(35-5)12-10-19)24(30(4)28-32)23(29(3)27-31)22(39-26)17-38-40(33,34)21-13-7-18(2)8-14-21/h6-14,22-26H,1,15-17H2,2-5H3/t22-,23-,24+,25-,26-/m1/s1. The van der Waals surface area contributed by atoms with Crippen LogP contribution < -0.4 is 4.74 Å². The zero-order chi connectivity index (χ0) is 29.3. The molecule has 0 aliphatic carbocycles. The van der Waals surface area contributed by atoms with Gasteiger partial charge in [-0.2, -0.15) is 0 Å². The van der Waals surface area contributed by atoms with Crippen LogP contribution in [0.15, 0.2) is 66.1 Å². The van der Waals surface area contributed by atoms with Crippen molar-refractivity contribution in [2.24, 2.45) is 0 Å². The molecule has 0 bridgehead atoms. The predicted molar refractivity (Wildman–Crippen MR) is 154 cm³/mol. The van der Waals surface area contributed by atoms with E-state index < -0.39 is 53.5 Å². The molecule has 2 aromatic rings. The molecule has 40 heavy (non-hydrogen) atoms. The molecule has 14 heteroatoms. The van der Waals surface area contributed by atoms with E-state index in [1.165, 1.54) is 12.1 Å². The van der Waals surface area contributed by atoms with Gasteiger partial charge in [-0.25, -0.2) is 0 Å². The van der Waals surface area contributed by atoms with E-state index in [9.17, 15) is 17.8 Å². The van der Waals surface area contributed by atoms with Crippen LogP contribution in [0.25, 0.3) is 0 Å². The van der Waals surface area contributed by atoms with Crippen molar-refractivity contribution in [3.63, 3.8) is 0 Å². The van der Waals surface area contributed by atoms with Gasteiger partial charge in [0.05, 0.1) is 0 Å². The van der Waals surface area contributed by atoms with Crippen molar-refractivity contribution in [3.8, 4) is 5.75 Å². The number of ether oxygens (including phenoxy) is 4. The fraction of sp³-hybridized carbons (Fsp3) is 0.462. The van der Waals surface area contributed by atoms with E-state index in [4.69, 9.17) is 23.1 Å². The van der Waals surface area contributed by atoms with Crippen molar-refractivity contribution in [1.29, 1.82) is 0 Å². The minimum absolute atomic E-state index is 0.00636. The molecule has 5 atom stereocenters. The first-order valence-electron chi connectivity index (χ1n) is 13.1. The van der Waals surface area contributed by atoms with E-state index in [0.717, 1.165) is 25.2 Å². The normalized spacial score (nSPS) is 22.6. The van der Waals surface area contributed by atoms with Gasteiger partial charge in [0.1, 0.15) is 0 Å². The monoisotopic (exact) mass is 566 g/mol. The molecule has 0 amide bonds. The topological polar surface area (TPSA) is 114 Å². The molecule has 2 aromatic carbocycles. The van der Waals surface area contributed by atoms with Crippen LogP contribution in [0.1, 0.15) is 11.1 Å². The zero-order valence-corrected chi connectivity index (χ0v) is 24.1. The van der Waals surface area contributed by atoms with Gasteiger partial charge in [0.25, 0.3) is 0 Å². The first-order chi connectivity index (χ1) is 19.1. The van der Waals surface area contributed by atoms with Crippen LogP contribution in [0.4, 0.5) is 0 Å². The van der Waals surface area contributed by atoms with Gasteiger partial charge in [-0.3, -0.25) is 0 Å². The molecule has 0 radical (unpaired) electrons. The van der Waals surface area contributed by atoms with Crippen molar-refractivity contribution in [2.75, 3.05) is 20.3 Å². The molecule has 0 N–H and O–H groups in total. The van der Waals surface area contributed by atoms with Crippen molar-refractivity contribution >= 4 is 37.4 Å². The summed E-state index contributed by atoms with van der Waals surface area (Å²) in [4.78, 5) is 0.00636. The Morgan fingerprint density at radius 3 is 2.17 bits per heavy atom. The van der Waals surface area contributed by atoms with Gasteiger partial charge in [0.2, 0.25) is 0 Å². The van der Waals surface area contributed by atoms with Crippen molar-refractivity contribution in [2.45, 2.75) is 62.2 Å². The van der Waals surface area contributed by atoms with Gasteiger partial charge < -0.3 is 0 Å². The first kappa shape index (κ1) is 32.1. The van der Waals surface area contributed by atoms with Crippen LogP contribution in [0.2, 0.25) is 25.3 Å². The number of methoxy groups -OCH3 is 1. The van der Waals surface area contributed by atoms with E-state index in [1.54, 1.807) is 39.0 Å². The second-order valence-electron chi connectivity index (χ2n) is 9.99. The molecule has 210 valence electrons. The van der Waals surface area contributed by atoms with Gasteiger partial charge >= 0.3 is 239 Å². The Bertz CT molecular complexity index is 1230. The molecular weight excluding hydrogens is 532 g/mol. The van der Waals surface area contributed by atoms with Crippen molar-refractivity contribution in [3.05, 3.63) is 72.3 Å². The summed E-state index contributed by atoms with van der Waals surface area (Å²) >= 11 is 0. The summed E-state index contributed by atoms with van der Waals surface area (Å²) in [6, 6.07) is 13.6. The third-order valence-electron chi connectivity index (χ3n) is 7.15. The summed E-state index contributed by atoms with van der Waals surface area (Å²) in [5, 5.41) is 0. The van der Waals surface area contributed by atoms with Crippen LogP contribution >= 0.6 is 0 Å². The molecular formula is C26H34B4O9S. The number of hydrogen-bond acceptors (Lipinski definition) is 9. The molecule has 0 spiro atoms. The Morgan fingerprint density at radius 2 is 1.60 bits per heavy atom. The number of rotatable bonds is 15. The van der Waals surface area contributed by atoms with Crippen molar-refractivity contribution < 1.29 is 41.0 Å². The summed E-state index contributed by atoms with van der Waals surface area (Å²) in [5.74, 6) is -0.446. The zero-order valence-electron chi connectivity index (χ0n) is 23.3. The fourth-order valence-electron chi connectivity index (χ4n) is 4.99. The number of hydrogen-bond donors (Lipinski definition) is 0. The van der Waals surface area contributed by atoms with E-state index in [1.807, 2.05) is 31.2 Å². The summed E-state index contributed by atoms with van der Waals surface area (Å²) in [6.07, 6.45) is -1.06. The molecule has 0 unspecified atom stereocenters. The molecule has 0 aromatic heterocycles. The molecule has 1 heterocycles. The Kier molecular flexibility index (Phi) is 12.1. The minimum atomic E-state index is -4.11. The number of benzene rings is 2. The van der Waals surface area contributed by atoms with E-state index in [2.05, 4.69) is 6.58 Å². The van der Waals surface area contributed by atoms with Gasteiger partial charge in [0, 0.05) is 0 Å². The Balaban J connectivity index is 1.92. The average Bonchev–Trinajstić information content (AvgIpc) is 2.97. The predicted octanol–water partition coefficient (Wildman–Crippen LogP) is 3.30. The quantitative estimate of drug-likeness (QED) is 0.182.